The van der Waals surface area contributed by atoms with E-state index < -0.39 is 0 Å². The van der Waals surface area contributed by atoms with Crippen LogP contribution in [0.25, 0.3) is 0 Å². The van der Waals surface area contributed by atoms with Crippen LogP contribution in [0.1, 0.15) is 25.3 Å². The molecule has 16 heavy (non-hydrogen) atoms. The molecule has 0 fully saturated rings. The van der Waals surface area contributed by atoms with E-state index in [1.807, 2.05) is 25.1 Å². The lowest BCUT2D eigenvalue weighted by molar-refractivity contribution is -0.118. The fraction of sp³-hybridized carbons (Fsp3) is 0.417. The van der Waals surface area contributed by atoms with Gasteiger partial charge in [-0.25, -0.2) is 0 Å². The zero-order valence-electron chi connectivity index (χ0n) is 8.97. The number of alkyl halides is 1. The van der Waals surface area contributed by atoms with Crippen LogP contribution in [-0.4, -0.2) is 10.6 Å². The number of benzene rings is 1. The highest BCUT2D eigenvalue weighted by molar-refractivity contribution is 14.1. The van der Waals surface area contributed by atoms with Crippen molar-refractivity contribution in [2.24, 2.45) is 0 Å². The second-order valence-electron chi connectivity index (χ2n) is 3.62. The van der Waals surface area contributed by atoms with Gasteiger partial charge in [0, 0.05) is 15.0 Å². The molecule has 1 aromatic carbocycles. The van der Waals surface area contributed by atoms with Crippen LogP contribution in [0.3, 0.4) is 0 Å². The third-order valence-corrected chi connectivity index (χ3v) is 4.12. The molecular weight excluding hydrogens is 402 g/mol. The van der Waals surface area contributed by atoms with E-state index in [4.69, 9.17) is 11.6 Å². The summed E-state index contributed by atoms with van der Waals surface area (Å²) >= 11 is 11.8. The van der Waals surface area contributed by atoms with Gasteiger partial charge < -0.3 is 0 Å². The molecule has 0 saturated carbocycles. The van der Waals surface area contributed by atoms with Gasteiger partial charge in [0.15, 0.2) is 0 Å². The summed E-state index contributed by atoms with van der Waals surface area (Å²) in [4.78, 5) is 11.5. The fourth-order valence-electron chi connectivity index (χ4n) is 1.40. The number of hydrogen-bond donors (Lipinski definition) is 0. The zero-order valence-corrected chi connectivity index (χ0v) is 13.5. The SMILES string of the molecule is CCCC(=O)C(Br)Cc1ccc(I)cc1Cl. The van der Waals surface area contributed by atoms with E-state index >= 15 is 0 Å². The van der Waals surface area contributed by atoms with E-state index in [0.717, 1.165) is 20.6 Å². The summed E-state index contributed by atoms with van der Waals surface area (Å²) < 4.78 is 1.11. The Bertz CT molecular complexity index is 381. The fourth-order valence-corrected chi connectivity index (χ4v) is 2.91. The van der Waals surface area contributed by atoms with Crippen molar-refractivity contribution >= 4 is 55.9 Å². The van der Waals surface area contributed by atoms with Gasteiger partial charge in [0.05, 0.1) is 4.83 Å². The van der Waals surface area contributed by atoms with Gasteiger partial charge in [-0.3, -0.25) is 4.79 Å². The van der Waals surface area contributed by atoms with Crippen LogP contribution >= 0.6 is 50.1 Å². The van der Waals surface area contributed by atoms with Gasteiger partial charge in [-0.2, -0.15) is 0 Å². The quantitative estimate of drug-likeness (QED) is 0.507. The number of ketones is 1. The molecule has 4 heteroatoms. The molecule has 0 N–H and O–H groups in total. The molecule has 0 aliphatic rings. The van der Waals surface area contributed by atoms with Crippen LogP contribution in [0, 0.1) is 3.57 Å². The van der Waals surface area contributed by atoms with E-state index in [1.165, 1.54) is 0 Å². The van der Waals surface area contributed by atoms with Crippen LogP contribution < -0.4 is 0 Å². The average molecular weight is 415 g/mol. The lowest BCUT2D eigenvalue weighted by atomic mass is 10.1. The molecule has 1 nitrogen and oxygen atoms in total. The molecule has 0 spiro atoms. The van der Waals surface area contributed by atoms with Gasteiger partial charge >= 0.3 is 0 Å². The van der Waals surface area contributed by atoms with E-state index in [2.05, 4.69) is 38.5 Å². The molecule has 0 radical (unpaired) electrons. The molecule has 0 saturated heterocycles. The van der Waals surface area contributed by atoms with Crippen LogP contribution in [0.4, 0.5) is 0 Å². The van der Waals surface area contributed by atoms with E-state index in [-0.39, 0.29) is 10.6 Å². The Morgan fingerprint density at radius 2 is 2.25 bits per heavy atom. The highest BCUT2D eigenvalue weighted by Gasteiger charge is 2.15. The largest absolute Gasteiger partial charge is 0.298 e. The number of rotatable bonds is 5. The van der Waals surface area contributed by atoms with Crippen molar-refractivity contribution in [1.82, 2.24) is 0 Å². The third kappa shape index (κ3) is 4.34. The van der Waals surface area contributed by atoms with E-state index in [1.54, 1.807) is 0 Å². The van der Waals surface area contributed by atoms with Crippen LogP contribution in [-0.2, 0) is 11.2 Å². The molecule has 0 heterocycles. The van der Waals surface area contributed by atoms with Gasteiger partial charge in [-0.15, -0.1) is 0 Å². The Morgan fingerprint density at radius 1 is 1.56 bits per heavy atom. The summed E-state index contributed by atoms with van der Waals surface area (Å²) in [5.41, 5.74) is 1.02. The molecule has 0 amide bonds. The topological polar surface area (TPSA) is 17.1 Å². The molecule has 0 bridgehead atoms. The molecule has 0 aliphatic carbocycles. The predicted molar refractivity (Wildman–Crippen MR) is 80.5 cm³/mol. The maximum Gasteiger partial charge on any atom is 0.146 e. The summed E-state index contributed by atoms with van der Waals surface area (Å²) in [7, 11) is 0. The van der Waals surface area contributed by atoms with Crippen LogP contribution in [0.5, 0.6) is 0 Å². The highest BCUT2D eigenvalue weighted by atomic mass is 127. The van der Waals surface area contributed by atoms with Gasteiger partial charge in [-0.1, -0.05) is 40.5 Å². The summed E-state index contributed by atoms with van der Waals surface area (Å²) in [6.07, 6.45) is 2.17. The molecule has 1 unspecified atom stereocenters. The second-order valence-corrected chi connectivity index (χ2v) is 6.38. The molecule has 1 atom stereocenters. The number of Topliss-reactive ketones (excluding diaryl/α,β-unsaturated/α-hetero) is 1. The minimum atomic E-state index is -0.120. The lowest BCUT2D eigenvalue weighted by Crippen LogP contribution is -2.16. The van der Waals surface area contributed by atoms with Gasteiger partial charge in [0.1, 0.15) is 5.78 Å². The van der Waals surface area contributed by atoms with Crippen molar-refractivity contribution < 1.29 is 4.79 Å². The Kier molecular flexibility index (Phi) is 6.29. The second kappa shape index (κ2) is 6.97. The molecule has 0 aliphatic heterocycles. The molecule has 88 valence electrons. The maximum absolute atomic E-state index is 11.6. The van der Waals surface area contributed by atoms with Crippen molar-refractivity contribution in [3.63, 3.8) is 0 Å². The van der Waals surface area contributed by atoms with E-state index in [9.17, 15) is 4.79 Å². The predicted octanol–water partition coefficient (Wildman–Crippen LogP) is 4.62. The molecule has 1 rings (SSSR count). The normalized spacial score (nSPS) is 12.5. The van der Waals surface area contributed by atoms with Crippen LogP contribution in [0.2, 0.25) is 5.02 Å². The van der Waals surface area contributed by atoms with Gasteiger partial charge in [0.25, 0.3) is 0 Å². The summed E-state index contributed by atoms with van der Waals surface area (Å²) in [6, 6.07) is 5.91. The van der Waals surface area contributed by atoms with Crippen molar-refractivity contribution in [2.45, 2.75) is 31.0 Å². The van der Waals surface area contributed by atoms with Crippen molar-refractivity contribution in [3.05, 3.63) is 32.4 Å². The summed E-state index contributed by atoms with van der Waals surface area (Å²) in [5.74, 6) is 0.247. The first-order chi connectivity index (χ1) is 7.54. The lowest BCUT2D eigenvalue weighted by Gasteiger charge is -2.10. The minimum absolute atomic E-state index is 0.120. The highest BCUT2D eigenvalue weighted by Crippen LogP contribution is 2.23. The molecule has 1 aromatic rings. The third-order valence-electron chi connectivity index (χ3n) is 2.26. The van der Waals surface area contributed by atoms with Crippen molar-refractivity contribution in [3.8, 4) is 0 Å². The summed E-state index contributed by atoms with van der Waals surface area (Å²) in [5, 5.41) is 0.737. The van der Waals surface area contributed by atoms with Gasteiger partial charge in [0.2, 0.25) is 0 Å². The summed E-state index contributed by atoms with van der Waals surface area (Å²) in [6.45, 7) is 2.01. The Balaban J connectivity index is 2.69. The Hall–Kier alpha value is 0.390. The smallest absolute Gasteiger partial charge is 0.146 e. The van der Waals surface area contributed by atoms with Crippen LogP contribution in [0.15, 0.2) is 18.2 Å². The van der Waals surface area contributed by atoms with Gasteiger partial charge in [-0.05, 0) is 53.1 Å². The molecule has 0 aromatic heterocycles. The number of halogens is 3. The van der Waals surface area contributed by atoms with E-state index in [0.29, 0.717) is 12.8 Å². The first kappa shape index (κ1) is 14.5. The first-order valence-corrected chi connectivity index (χ1v) is 7.52. The number of carbonyl (C=O) groups is 1. The first-order valence-electron chi connectivity index (χ1n) is 5.15. The van der Waals surface area contributed by atoms with Crippen molar-refractivity contribution in [2.75, 3.05) is 0 Å². The zero-order chi connectivity index (χ0) is 12.1. The number of hydrogen-bond acceptors (Lipinski definition) is 1. The maximum atomic E-state index is 11.6. The average Bonchev–Trinajstić information content (AvgIpc) is 2.22. The minimum Gasteiger partial charge on any atom is -0.298 e. The Morgan fingerprint density at radius 3 is 2.81 bits per heavy atom. The molecular formula is C12H13BrClIO. The monoisotopic (exact) mass is 414 g/mol. The van der Waals surface area contributed by atoms with Crippen molar-refractivity contribution in [1.29, 1.82) is 0 Å². The standard InChI is InChI=1S/C12H13BrClIO/c1-2-3-12(16)10(13)6-8-4-5-9(15)7-11(8)14/h4-5,7,10H,2-3,6H2,1H3. The Labute approximate surface area is 123 Å². The number of carbonyl (C=O) groups excluding carboxylic acids is 1.